The maximum Gasteiger partial charge on any atom is 0.201 e. The molecule has 0 aliphatic carbocycles. The summed E-state index contributed by atoms with van der Waals surface area (Å²) in [7, 11) is 0. The fourth-order valence-electron chi connectivity index (χ4n) is 2.35. The Labute approximate surface area is 139 Å². The summed E-state index contributed by atoms with van der Waals surface area (Å²) in [5.74, 6) is 0.711. The lowest BCUT2D eigenvalue weighted by atomic mass is 9.97. The van der Waals surface area contributed by atoms with E-state index in [1.807, 2.05) is 19.1 Å². The number of aromatic nitrogens is 2. The minimum absolute atomic E-state index is 0.114. The molecule has 3 aromatic rings. The predicted molar refractivity (Wildman–Crippen MR) is 92.4 cm³/mol. The summed E-state index contributed by atoms with van der Waals surface area (Å²) in [6.07, 6.45) is 3.46. The molecule has 0 radical (unpaired) electrons. The van der Waals surface area contributed by atoms with Crippen molar-refractivity contribution in [3.63, 3.8) is 0 Å². The highest BCUT2D eigenvalue weighted by molar-refractivity contribution is 8.00. The third-order valence-electron chi connectivity index (χ3n) is 3.55. The molecular formula is C17H18N4OS. The fourth-order valence-corrected chi connectivity index (χ4v) is 2.96. The maximum atomic E-state index is 9.21. The smallest absolute Gasteiger partial charge is 0.201 e. The average Bonchev–Trinajstić information content (AvgIpc) is 3.13. The summed E-state index contributed by atoms with van der Waals surface area (Å²) in [4.78, 5) is 7.48. The predicted octanol–water partition coefficient (Wildman–Crippen LogP) is 4.75. The van der Waals surface area contributed by atoms with Crippen molar-refractivity contribution in [2.75, 3.05) is 4.72 Å². The maximum absolute atomic E-state index is 9.21. The fraction of sp³-hybridized carbons (Fsp3) is 0.294. The number of H-pyrrole nitrogens is 1. The molecule has 0 aliphatic heterocycles. The molecule has 0 fully saturated rings. The van der Waals surface area contributed by atoms with E-state index in [4.69, 9.17) is 4.42 Å². The van der Waals surface area contributed by atoms with Crippen molar-refractivity contribution in [2.45, 2.75) is 38.2 Å². The van der Waals surface area contributed by atoms with Crippen molar-refractivity contribution < 1.29 is 4.42 Å². The number of rotatable bonds is 3. The van der Waals surface area contributed by atoms with Crippen LogP contribution in [0.2, 0.25) is 0 Å². The Bertz CT molecular complexity index is 896. The molecular weight excluding hydrogens is 308 g/mol. The van der Waals surface area contributed by atoms with E-state index < -0.39 is 0 Å². The normalized spacial score (nSPS) is 11.6. The number of fused-ring (bicyclic) bond motifs is 1. The van der Waals surface area contributed by atoms with Gasteiger partial charge in [-0.1, -0.05) is 26.8 Å². The van der Waals surface area contributed by atoms with Crippen molar-refractivity contribution in [1.29, 1.82) is 5.26 Å². The van der Waals surface area contributed by atoms with Crippen molar-refractivity contribution >= 4 is 28.5 Å². The van der Waals surface area contributed by atoms with E-state index in [2.05, 4.69) is 41.5 Å². The lowest BCUT2D eigenvalue weighted by Crippen LogP contribution is -2.10. The van der Waals surface area contributed by atoms with Crippen LogP contribution in [0.5, 0.6) is 0 Å². The van der Waals surface area contributed by atoms with Gasteiger partial charge in [0.25, 0.3) is 0 Å². The van der Waals surface area contributed by atoms with Crippen LogP contribution in [0.3, 0.4) is 0 Å². The number of nitrogens with zero attached hydrogens (tertiary/aromatic N) is 2. The molecule has 2 aromatic heterocycles. The van der Waals surface area contributed by atoms with Crippen LogP contribution in [0.25, 0.3) is 10.9 Å². The molecule has 5 nitrogen and oxygen atoms in total. The van der Waals surface area contributed by atoms with Gasteiger partial charge in [0, 0.05) is 28.9 Å². The van der Waals surface area contributed by atoms with Crippen LogP contribution in [0.4, 0.5) is 5.69 Å². The molecule has 0 aliphatic rings. The zero-order chi connectivity index (χ0) is 16.6. The molecule has 118 valence electrons. The molecule has 2 heterocycles. The standard InChI is InChI=1S/C17H18N4OS/c1-10-5-6-12(15-14(10)11(7-18)8-19-15)21-23-13-9-20-16(22-13)17(2,3)4/h5-6,8-9,19,21H,1-4H3. The van der Waals surface area contributed by atoms with Gasteiger partial charge in [0.15, 0.2) is 0 Å². The monoisotopic (exact) mass is 326 g/mol. The molecule has 3 rings (SSSR count). The summed E-state index contributed by atoms with van der Waals surface area (Å²) < 4.78 is 9.03. The van der Waals surface area contributed by atoms with E-state index in [9.17, 15) is 5.26 Å². The van der Waals surface area contributed by atoms with E-state index in [1.54, 1.807) is 12.4 Å². The first-order chi connectivity index (χ1) is 10.9. The van der Waals surface area contributed by atoms with Gasteiger partial charge in [-0.05, 0) is 18.6 Å². The van der Waals surface area contributed by atoms with Crippen LogP contribution in [0, 0.1) is 18.3 Å². The summed E-state index contributed by atoms with van der Waals surface area (Å²) in [5.41, 5.74) is 3.44. The number of benzene rings is 1. The Morgan fingerprint density at radius 1 is 1.35 bits per heavy atom. The van der Waals surface area contributed by atoms with E-state index in [-0.39, 0.29) is 5.41 Å². The largest absolute Gasteiger partial charge is 0.432 e. The molecule has 2 N–H and O–H groups in total. The number of oxazole rings is 1. The minimum atomic E-state index is -0.114. The summed E-state index contributed by atoms with van der Waals surface area (Å²) in [6, 6.07) is 6.21. The number of anilines is 1. The van der Waals surface area contributed by atoms with Gasteiger partial charge in [0.1, 0.15) is 6.07 Å². The Kier molecular flexibility index (Phi) is 3.82. The van der Waals surface area contributed by atoms with E-state index in [0.717, 1.165) is 22.2 Å². The second-order valence-corrected chi connectivity index (χ2v) is 7.24. The van der Waals surface area contributed by atoms with Gasteiger partial charge >= 0.3 is 0 Å². The summed E-state index contributed by atoms with van der Waals surface area (Å²) in [6.45, 7) is 8.19. The first kappa shape index (κ1) is 15.5. The van der Waals surface area contributed by atoms with Crippen LogP contribution in [0.15, 0.2) is 34.0 Å². The highest BCUT2D eigenvalue weighted by Crippen LogP contribution is 2.32. The topological polar surface area (TPSA) is 77.6 Å². The third-order valence-corrected chi connectivity index (χ3v) is 4.26. The molecule has 0 spiro atoms. The first-order valence-corrected chi connectivity index (χ1v) is 8.12. The minimum Gasteiger partial charge on any atom is -0.432 e. The lowest BCUT2D eigenvalue weighted by Gasteiger charge is -2.12. The summed E-state index contributed by atoms with van der Waals surface area (Å²) >= 11 is 1.37. The Balaban J connectivity index is 1.86. The van der Waals surface area contributed by atoms with Gasteiger partial charge in [-0.15, -0.1) is 0 Å². The first-order valence-electron chi connectivity index (χ1n) is 7.30. The number of hydrogen-bond donors (Lipinski definition) is 2. The van der Waals surface area contributed by atoms with Gasteiger partial charge in [0.2, 0.25) is 11.0 Å². The number of nitrogens with one attached hydrogen (secondary N) is 2. The number of hydrogen-bond acceptors (Lipinski definition) is 5. The highest BCUT2D eigenvalue weighted by Gasteiger charge is 2.20. The molecule has 0 amide bonds. The molecule has 6 heteroatoms. The molecule has 0 unspecified atom stereocenters. The SMILES string of the molecule is Cc1ccc(NSc2cnc(C(C)(C)C)o2)c2[nH]cc(C#N)c12. The summed E-state index contributed by atoms with van der Waals surface area (Å²) in [5, 5.41) is 10.9. The Hall–Kier alpha value is -2.39. The van der Waals surface area contributed by atoms with Gasteiger partial charge in [0.05, 0.1) is 23.0 Å². The van der Waals surface area contributed by atoms with Crippen molar-refractivity contribution in [3.8, 4) is 6.07 Å². The van der Waals surface area contributed by atoms with Crippen molar-refractivity contribution in [1.82, 2.24) is 9.97 Å². The lowest BCUT2D eigenvalue weighted by molar-refractivity contribution is 0.351. The van der Waals surface area contributed by atoms with Gasteiger partial charge in [-0.25, -0.2) is 4.98 Å². The average molecular weight is 326 g/mol. The van der Waals surface area contributed by atoms with Crippen LogP contribution in [-0.4, -0.2) is 9.97 Å². The zero-order valence-electron chi connectivity index (χ0n) is 13.5. The molecule has 0 bridgehead atoms. The number of aromatic amines is 1. The Morgan fingerprint density at radius 2 is 2.13 bits per heavy atom. The molecule has 1 aromatic carbocycles. The number of nitriles is 1. The van der Waals surface area contributed by atoms with Gasteiger partial charge < -0.3 is 14.1 Å². The van der Waals surface area contributed by atoms with Crippen LogP contribution >= 0.6 is 11.9 Å². The van der Waals surface area contributed by atoms with Gasteiger partial charge in [-0.2, -0.15) is 5.26 Å². The Morgan fingerprint density at radius 3 is 2.78 bits per heavy atom. The van der Waals surface area contributed by atoms with Crippen LogP contribution in [-0.2, 0) is 5.41 Å². The molecule has 0 saturated carbocycles. The van der Waals surface area contributed by atoms with Crippen molar-refractivity contribution in [3.05, 3.63) is 41.5 Å². The quantitative estimate of drug-likeness (QED) is 0.679. The molecule has 0 saturated heterocycles. The van der Waals surface area contributed by atoms with Crippen LogP contribution in [0.1, 0.15) is 37.8 Å². The molecule has 23 heavy (non-hydrogen) atoms. The second kappa shape index (κ2) is 5.67. The molecule has 0 atom stereocenters. The van der Waals surface area contributed by atoms with E-state index in [0.29, 0.717) is 16.5 Å². The van der Waals surface area contributed by atoms with Crippen molar-refractivity contribution in [2.24, 2.45) is 0 Å². The van der Waals surface area contributed by atoms with E-state index >= 15 is 0 Å². The second-order valence-electron chi connectivity index (χ2n) is 6.43. The third kappa shape index (κ3) is 2.92. The highest BCUT2D eigenvalue weighted by atomic mass is 32.2. The van der Waals surface area contributed by atoms with E-state index in [1.165, 1.54) is 11.9 Å². The van der Waals surface area contributed by atoms with Crippen LogP contribution < -0.4 is 4.72 Å². The van der Waals surface area contributed by atoms with Gasteiger partial charge in [-0.3, -0.25) is 0 Å². The zero-order valence-corrected chi connectivity index (χ0v) is 14.3. The number of aryl methyl sites for hydroxylation is 1.